The summed E-state index contributed by atoms with van der Waals surface area (Å²) in [6.45, 7) is 1.07. The molecular weight excluding hydrogens is 563 g/mol. The average molecular weight is 579 g/mol. The number of carbonyl (C=O) groups excluding carboxylic acids is 3. The number of ether oxygens (including phenoxy) is 1. The fourth-order valence-corrected chi connectivity index (χ4v) is 6.60. The molecule has 37 heavy (non-hydrogen) atoms. The zero-order valence-corrected chi connectivity index (χ0v) is 21.8. The van der Waals surface area contributed by atoms with Crippen molar-refractivity contribution in [3.63, 3.8) is 0 Å². The molecule has 0 aliphatic carbocycles. The van der Waals surface area contributed by atoms with Gasteiger partial charge in [-0.05, 0) is 54.1 Å². The maximum absolute atomic E-state index is 13.1. The molecule has 0 radical (unpaired) electrons. The number of nitrogens with zero attached hydrogens (tertiary/aromatic N) is 2. The first-order valence-corrected chi connectivity index (χ1v) is 13.7. The third-order valence-corrected chi connectivity index (χ3v) is 9.13. The standard InChI is InChI=1S/C23H16Cl2N4O6S2/c24-17-11-19(36-20(17)25)37(33,34)28-23(32)27-14-2-4-15(5-3-14)29-18(30)10-13-9-12(21-26-7-8-35-21)1-6-16(13)22(29)31/h1-6,9,11H,7-8,10H2,(H2,27,28,32). The summed E-state index contributed by atoms with van der Waals surface area (Å²) in [5, 5.41) is 2.45. The first-order valence-electron chi connectivity index (χ1n) is 10.7. The second-order valence-corrected chi connectivity index (χ2v) is 11.9. The van der Waals surface area contributed by atoms with Gasteiger partial charge < -0.3 is 10.1 Å². The van der Waals surface area contributed by atoms with E-state index in [2.05, 4.69) is 10.3 Å². The number of hydrogen-bond donors (Lipinski definition) is 2. The molecule has 4 amide bonds. The molecule has 0 spiro atoms. The molecule has 0 fully saturated rings. The quantitative estimate of drug-likeness (QED) is 0.438. The molecule has 190 valence electrons. The number of halogens is 2. The van der Waals surface area contributed by atoms with E-state index in [0.29, 0.717) is 52.8 Å². The van der Waals surface area contributed by atoms with Crippen LogP contribution in [0.25, 0.3) is 0 Å². The van der Waals surface area contributed by atoms with E-state index in [1.807, 2.05) is 4.72 Å². The van der Waals surface area contributed by atoms with Gasteiger partial charge in [0.25, 0.3) is 15.9 Å². The Labute approximate surface area is 224 Å². The number of sulfonamides is 1. The normalized spacial score (nSPS) is 15.2. The number of hydrogen-bond acceptors (Lipinski definition) is 8. The SMILES string of the molecule is O=C(Nc1ccc(N2C(=O)Cc3cc(C4=NCCO4)ccc3C2=O)cc1)NS(=O)(=O)c1cc(Cl)c(Cl)s1. The van der Waals surface area contributed by atoms with E-state index < -0.39 is 27.9 Å². The Bertz CT molecular complexity index is 1570. The fourth-order valence-electron chi connectivity index (χ4n) is 3.81. The summed E-state index contributed by atoms with van der Waals surface area (Å²) >= 11 is 12.3. The Morgan fingerprint density at radius 2 is 1.84 bits per heavy atom. The van der Waals surface area contributed by atoms with Crippen LogP contribution in [0.3, 0.4) is 0 Å². The number of thiophene rings is 1. The molecule has 5 rings (SSSR count). The third kappa shape index (κ3) is 5.05. The van der Waals surface area contributed by atoms with Crippen molar-refractivity contribution in [3.8, 4) is 0 Å². The number of anilines is 2. The van der Waals surface area contributed by atoms with Crippen LogP contribution in [0.2, 0.25) is 9.36 Å². The van der Waals surface area contributed by atoms with Crippen molar-refractivity contribution >= 4 is 79.7 Å². The van der Waals surface area contributed by atoms with Gasteiger partial charge in [0.05, 0.1) is 23.7 Å². The smallest absolute Gasteiger partial charge is 0.333 e. The zero-order valence-electron chi connectivity index (χ0n) is 18.7. The summed E-state index contributed by atoms with van der Waals surface area (Å²) < 4.78 is 31.9. The van der Waals surface area contributed by atoms with Crippen LogP contribution >= 0.6 is 34.5 Å². The van der Waals surface area contributed by atoms with Crippen LogP contribution in [0, 0.1) is 0 Å². The number of carbonyl (C=O) groups is 3. The molecule has 3 heterocycles. The molecule has 2 aliphatic heterocycles. The predicted octanol–water partition coefficient (Wildman–Crippen LogP) is 4.07. The van der Waals surface area contributed by atoms with Crippen molar-refractivity contribution in [2.24, 2.45) is 4.99 Å². The average Bonchev–Trinajstić information content (AvgIpc) is 3.50. The molecule has 0 bridgehead atoms. The van der Waals surface area contributed by atoms with Crippen molar-refractivity contribution in [1.82, 2.24) is 4.72 Å². The van der Waals surface area contributed by atoms with Gasteiger partial charge in [0.15, 0.2) is 0 Å². The molecule has 1 aromatic heterocycles. The maximum Gasteiger partial charge on any atom is 0.333 e. The van der Waals surface area contributed by atoms with E-state index in [9.17, 15) is 22.8 Å². The summed E-state index contributed by atoms with van der Waals surface area (Å²) in [5.41, 5.74) is 2.23. The molecule has 14 heteroatoms. The van der Waals surface area contributed by atoms with E-state index in [-0.39, 0.29) is 25.7 Å². The lowest BCUT2D eigenvalue weighted by atomic mass is 9.95. The number of benzene rings is 2. The topological polar surface area (TPSA) is 134 Å². The molecule has 10 nitrogen and oxygen atoms in total. The van der Waals surface area contributed by atoms with Gasteiger partial charge in [0.1, 0.15) is 15.2 Å². The molecule has 0 unspecified atom stereocenters. The van der Waals surface area contributed by atoms with Gasteiger partial charge in [-0.2, -0.15) is 0 Å². The van der Waals surface area contributed by atoms with Crippen LogP contribution in [0.1, 0.15) is 21.5 Å². The van der Waals surface area contributed by atoms with Gasteiger partial charge in [0.2, 0.25) is 11.8 Å². The number of imide groups is 1. The number of amides is 4. The molecule has 3 aromatic rings. The van der Waals surface area contributed by atoms with Gasteiger partial charge in [-0.25, -0.2) is 27.8 Å². The van der Waals surface area contributed by atoms with Crippen LogP contribution in [-0.2, 0) is 26.0 Å². The lowest BCUT2D eigenvalue weighted by molar-refractivity contribution is -0.117. The third-order valence-electron chi connectivity index (χ3n) is 5.46. The minimum Gasteiger partial charge on any atom is -0.476 e. The largest absolute Gasteiger partial charge is 0.476 e. The molecule has 0 atom stereocenters. The Kier molecular flexibility index (Phi) is 6.67. The van der Waals surface area contributed by atoms with E-state index in [1.165, 1.54) is 24.3 Å². The molecule has 2 aromatic carbocycles. The van der Waals surface area contributed by atoms with E-state index in [4.69, 9.17) is 27.9 Å². The van der Waals surface area contributed by atoms with E-state index in [1.54, 1.807) is 18.2 Å². The Morgan fingerprint density at radius 3 is 2.49 bits per heavy atom. The van der Waals surface area contributed by atoms with Gasteiger partial charge in [-0.3, -0.25) is 9.59 Å². The minimum absolute atomic E-state index is 0.0131. The van der Waals surface area contributed by atoms with Gasteiger partial charge in [0, 0.05) is 16.8 Å². The minimum atomic E-state index is -4.18. The van der Waals surface area contributed by atoms with Crippen LogP contribution in [0.15, 0.2) is 57.7 Å². The van der Waals surface area contributed by atoms with Crippen molar-refractivity contribution in [2.75, 3.05) is 23.4 Å². The Balaban J connectivity index is 1.28. The van der Waals surface area contributed by atoms with E-state index >= 15 is 0 Å². The molecular formula is C23H16Cl2N4O6S2. The van der Waals surface area contributed by atoms with Crippen molar-refractivity contribution in [3.05, 3.63) is 74.6 Å². The number of nitrogens with one attached hydrogen (secondary N) is 2. The highest BCUT2D eigenvalue weighted by molar-refractivity contribution is 7.92. The maximum atomic E-state index is 13.1. The lowest BCUT2D eigenvalue weighted by Crippen LogP contribution is -2.42. The highest BCUT2D eigenvalue weighted by Gasteiger charge is 2.33. The monoisotopic (exact) mass is 578 g/mol. The van der Waals surface area contributed by atoms with Crippen molar-refractivity contribution in [2.45, 2.75) is 10.6 Å². The molecule has 0 saturated heterocycles. The number of fused-ring (bicyclic) bond motifs is 1. The second kappa shape index (κ2) is 9.78. The summed E-state index contributed by atoms with van der Waals surface area (Å²) in [6.07, 6.45) is 0.0131. The second-order valence-electron chi connectivity index (χ2n) is 7.91. The zero-order chi connectivity index (χ0) is 26.3. The molecule has 0 saturated carbocycles. The predicted molar refractivity (Wildman–Crippen MR) is 139 cm³/mol. The summed E-state index contributed by atoms with van der Waals surface area (Å²) in [7, 11) is -4.18. The van der Waals surface area contributed by atoms with Gasteiger partial charge in [-0.15, -0.1) is 11.3 Å². The van der Waals surface area contributed by atoms with Gasteiger partial charge in [-0.1, -0.05) is 23.2 Å². The first kappa shape index (κ1) is 25.2. The summed E-state index contributed by atoms with van der Waals surface area (Å²) in [4.78, 5) is 43.5. The van der Waals surface area contributed by atoms with Crippen LogP contribution in [0.4, 0.5) is 16.2 Å². The Hall–Kier alpha value is -3.45. The first-order chi connectivity index (χ1) is 17.6. The number of aliphatic imine (C=N–C) groups is 1. The Morgan fingerprint density at radius 1 is 1.08 bits per heavy atom. The van der Waals surface area contributed by atoms with Crippen LogP contribution in [0.5, 0.6) is 0 Å². The van der Waals surface area contributed by atoms with Crippen LogP contribution < -0.4 is 14.9 Å². The van der Waals surface area contributed by atoms with Crippen LogP contribution in [-0.4, -0.2) is 45.3 Å². The number of urea groups is 1. The van der Waals surface area contributed by atoms with Crippen molar-refractivity contribution in [1.29, 1.82) is 0 Å². The molecule has 2 N–H and O–H groups in total. The fraction of sp³-hybridized carbons (Fsp3) is 0.130. The summed E-state index contributed by atoms with van der Waals surface area (Å²) in [5.74, 6) is -0.403. The van der Waals surface area contributed by atoms with E-state index in [0.717, 1.165) is 11.0 Å². The number of rotatable bonds is 5. The van der Waals surface area contributed by atoms with Crippen molar-refractivity contribution < 1.29 is 27.5 Å². The molecule has 2 aliphatic rings. The highest BCUT2D eigenvalue weighted by atomic mass is 35.5. The van der Waals surface area contributed by atoms with Gasteiger partial charge >= 0.3 is 6.03 Å². The summed E-state index contributed by atoms with van der Waals surface area (Å²) in [6, 6.07) is 11.1. The highest BCUT2D eigenvalue weighted by Crippen LogP contribution is 2.34. The lowest BCUT2D eigenvalue weighted by Gasteiger charge is -2.27.